The summed E-state index contributed by atoms with van der Waals surface area (Å²) in [5.74, 6) is -1.69. The first-order chi connectivity index (χ1) is 11.4. The number of hydrogen-bond donors (Lipinski definition) is 2. The Labute approximate surface area is 139 Å². The van der Waals surface area contributed by atoms with Crippen molar-refractivity contribution in [2.75, 3.05) is 26.0 Å². The minimum absolute atomic E-state index is 0.0194. The Morgan fingerprint density at radius 2 is 1.54 bits per heavy atom. The fourth-order valence-corrected chi connectivity index (χ4v) is 2.18. The Hall–Kier alpha value is -2.99. The van der Waals surface area contributed by atoms with Crippen molar-refractivity contribution in [3.8, 4) is 0 Å². The molecule has 0 saturated heterocycles. The number of likely N-dealkylation sites (N-methyl/N-ethyl adjacent to an activating group) is 1. The first-order valence-corrected chi connectivity index (χ1v) is 7.30. The number of amides is 1. The van der Waals surface area contributed by atoms with Gasteiger partial charge in [0.05, 0.1) is 17.7 Å². The van der Waals surface area contributed by atoms with Crippen molar-refractivity contribution in [2.45, 2.75) is 0 Å². The molecule has 0 atom stereocenters. The zero-order chi connectivity index (χ0) is 17.7. The number of carboxylic acid groups (broad SMARTS) is 1. The summed E-state index contributed by atoms with van der Waals surface area (Å²) in [4.78, 5) is 37.1. The second-order valence-electron chi connectivity index (χ2n) is 5.54. The fraction of sp³-hybridized carbons (Fsp3) is 0.167. The van der Waals surface area contributed by atoms with Gasteiger partial charge in [-0.05, 0) is 50.5 Å². The number of carboxylic acids is 1. The van der Waals surface area contributed by atoms with Crippen molar-refractivity contribution in [2.24, 2.45) is 0 Å². The lowest BCUT2D eigenvalue weighted by molar-refractivity contribution is 0.0692. The van der Waals surface area contributed by atoms with E-state index in [9.17, 15) is 14.4 Å². The van der Waals surface area contributed by atoms with Crippen LogP contribution >= 0.6 is 0 Å². The van der Waals surface area contributed by atoms with E-state index < -0.39 is 11.9 Å². The maximum atomic E-state index is 12.3. The third kappa shape index (κ3) is 4.27. The van der Waals surface area contributed by atoms with Gasteiger partial charge in [-0.25, -0.2) is 4.79 Å². The molecule has 6 nitrogen and oxygen atoms in total. The van der Waals surface area contributed by atoms with Crippen LogP contribution < -0.4 is 5.32 Å². The summed E-state index contributed by atoms with van der Waals surface area (Å²) in [6, 6.07) is 12.5. The molecule has 0 spiro atoms. The monoisotopic (exact) mass is 326 g/mol. The zero-order valence-corrected chi connectivity index (χ0v) is 13.4. The van der Waals surface area contributed by atoms with Gasteiger partial charge in [0.2, 0.25) is 0 Å². The standard InChI is InChI=1S/C18H18N2O4/c1-20(2)11-16(21)12-7-9-13(10-8-12)19-17(22)14-5-3-4-6-15(14)18(23)24/h3-10H,11H2,1-2H3,(H,19,22)(H,23,24). The van der Waals surface area contributed by atoms with Gasteiger partial charge < -0.3 is 15.3 Å². The Morgan fingerprint density at radius 3 is 2.08 bits per heavy atom. The summed E-state index contributed by atoms with van der Waals surface area (Å²) in [5.41, 5.74) is 1.06. The van der Waals surface area contributed by atoms with Crippen LogP contribution in [0.5, 0.6) is 0 Å². The van der Waals surface area contributed by atoms with Crippen LogP contribution in [0.25, 0.3) is 0 Å². The normalized spacial score (nSPS) is 10.5. The van der Waals surface area contributed by atoms with E-state index in [-0.39, 0.29) is 16.9 Å². The number of aromatic carboxylic acids is 1. The van der Waals surface area contributed by atoms with Crippen molar-refractivity contribution < 1.29 is 19.5 Å². The molecule has 1 amide bonds. The van der Waals surface area contributed by atoms with Crippen LogP contribution in [0.15, 0.2) is 48.5 Å². The molecule has 0 bridgehead atoms. The summed E-state index contributed by atoms with van der Waals surface area (Å²) in [7, 11) is 3.62. The summed E-state index contributed by atoms with van der Waals surface area (Å²) < 4.78 is 0. The Kier molecular flexibility index (Phi) is 5.44. The first kappa shape index (κ1) is 17.4. The van der Waals surface area contributed by atoms with E-state index >= 15 is 0 Å². The molecular weight excluding hydrogens is 308 g/mol. The van der Waals surface area contributed by atoms with E-state index in [0.29, 0.717) is 17.8 Å². The number of nitrogens with one attached hydrogen (secondary N) is 1. The third-order valence-corrected chi connectivity index (χ3v) is 3.33. The minimum Gasteiger partial charge on any atom is -0.478 e. The molecule has 0 aliphatic heterocycles. The Bertz CT molecular complexity index is 767. The van der Waals surface area contributed by atoms with Gasteiger partial charge in [0, 0.05) is 11.3 Å². The lowest BCUT2D eigenvalue weighted by Gasteiger charge is -2.10. The quantitative estimate of drug-likeness (QED) is 0.796. The predicted octanol–water partition coefficient (Wildman–Crippen LogP) is 2.38. The van der Waals surface area contributed by atoms with Crippen LogP contribution in [-0.4, -0.2) is 48.3 Å². The van der Waals surface area contributed by atoms with Gasteiger partial charge in [-0.3, -0.25) is 9.59 Å². The van der Waals surface area contributed by atoms with Gasteiger partial charge in [-0.2, -0.15) is 0 Å². The van der Waals surface area contributed by atoms with E-state index in [4.69, 9.17) is 5.11 Å². The molecule has 2 aromatic rings. The summed E-state index contributed by atoms with van der Waals surface area (Å²) in [5, 5.41) is 11.8. The van der Waals surface area contributed by atoms with Gasteiger partial charge in [0.15, 0.2) is 5.78 Å². The highest BCUT2D eigenvalue weighted by Gasteiger charge is 2.16. The van der Waals surface area contributed by atoms with Crippen molar-refractivity contribution >= 4 is 23.3 Å². The van der Waals surface area contributed by atoms with Gasteiger partial charge >= 0.3 is 5.97 Å². The van der Waals surface area contributed by atoms with Crippen LogP contribution in [0.4, 0.5) is 5.69 Å². The maximum Gasteiger partial charge on any atom is 0.336 e. The van der Waals surface area contributed by atoms with Gasteiger partial charge in [0.25, 0.3) is 5.91 Å². The lowest BCUT2D eigenvalue weighted by atomic mass is 10.1. The third-order valence-electron chi connectivity index (χ3n) is 3.33. The van der Waals surface area contributed by atoms with Crippen LogP contribution in [0, 0.1) is 0 Å². The number of ketones is 1. The highest BCUT2D eigenvalue weighted by Crippen LogP contribution is 2.14. The molecule has 0 aromatic heterocycles. The predicted molar refractivity (Wildman–Crippen MR) is 90.7 cm³/mol. The molecule has 0 unspecified atom stereocenters. The molecule has 2 aromatic carbocycles. The molecule has 0 radical (unpaired) electrons. The molecule has 124 valence electrons. The molecule has 0 aliphatic carbocycles. The highest BCUT2D eigenvalue weighted by molar-refractivity contribution is 6.10. The summed E-state index contributed by atoms with van der Waals surface area (Å²) in [6.07, 6.45) is 0. The number of hydrogen-bond acceptors (Lipinski definition) is 4. The Morgan fingerprint density at radius 1 is 0.958 bits per heavy atom. The van der Waals surface area contributed by atoms with Crippen LogP contribution in [0.1, 0.15) is 31.1 Å². The van der Waals surface area contributed by atoms with E-state index in [2.05, 4.69) is 5.32 Å². The van der Waals surface area contributed by atoms with Crippen LogP contribution in [0.2, 0.25) is 0 Å². The molecule has 2 N–H and O–H groups in total. The second kappa shape index (κ2) is 7.52. The van der Waals surface area contributed by atoms with Crippen LogP contribution in [0.3, 0.4) is 0 Å². The number of carbonyl (C=O) groups is 3. The number of nitrogens with zero attached hydrogens (tertiary/aromatic N) is 1. The van der Waals surface area contributed by atoms with Gasteiger partial charge in [-0.1, -0.05) is 12.1 Å². The number of rotatable bonds is 6. The number of anilines is 1. The molecular formula is C18H18N2O4. The minimum atomic E-state index is -1.16. The average Bonchev–Trinajstić information content (AvgIpc) is 2.54. The van der Waals surface area contributed by atoms with Crippen LogP contribution in [-0.2, 0) is 0 Å². The zero-order valence-electron chi connectivity index (χ0n) is 13.4. The molecule has 0 aliphatic rings. The van der Waals surface area contributed by atoms with E-state index in [1.165, 1.54) is 12.1 Å². The number of benzene rings is 2. The van der Waals surface area contributed by atoms with Gasteiger partial charge in [0.1, 0.15) is 0 Å². The SMILES string of the molecule is CN(C)CC(=O)c1ccc(NC(=O)c2ccccc2C(=O)O)cc1. The molecule has 24 heavy (non-hydrogen) atoms. The Balaban J connectivity index is 2.13. The smallest absolute Gasteiger partial charge is 0.336 e. The van der Waals surface area contributed by atoms with E-state index in [1.54, 1.807) is 41.3 Å². The van der Waals surface area contributed by atoms with Crippen molar-refractivity contribution in [3.05, 3.63) is 65.2 Å². The largest absolute Gasteiger partial charge is 0.478 e. The molecule has 0 heterocycles. The van der Waals surface area contributed by atoms with E-state index in [0.717, 1.165) is 0 Å². The van der Waals surface area contributed by atoms with E-state index in [1.807, 2.05) is 14.1 Å². The maximum absolute atomic E-state index is 12.3. The van der Waals surface area contributed by atoms with Crippen molar-refractivity contribution in [1.29, 1.82) is 0 Å². The van der Waals surface area contributed by atoms with Gasteiger partial charge in [-0.15, -0.1) is 0 Å². The average molecular weight is 326 g/mol. The van der Waals surface area contributed by atoms with Crippen molar-refractivity contribution in [1.82, 2.24) is 4.90 Å². The first-order valence-electron chi connectivity index (χ1n) is 7.30. The highest BCUT2D eigenvalue weighted by atomic mass is 16.4. The molecule has 0 fully saturated rings. The fourth-order valence-electron chi connectivity index (χ4n) is 2.18. The second-order valence-corrected chi connectivity index (χ2v) is 5.54. The lowest BCUT2D eigenvalue weighted by Crippen LogP contribution is -2.21. The molecule has 2 rings (SSSR count). The number of Topliss-reactive ketones (excluding diaryl/α,β-unsaturated/α-hetero) is 1. The summed E-state index contributed by atoms with van der Waals surface area (Å²) in [6.45, 7) is 0.303. The number of carbonyl (C=O) groups excluding carboxylic acids is 2. The summed E-state index contributed by atoms with van der Waals surface area (Å²) >= 11 is 0. The molecule has 6 heteroatoms. The molecule has 0 saturated carbocycles. The topological polar surface area (TPSA) is 86.7 Å². The van der Waals surface area contributed by atoms with Crippen molar-refractivity contribution in [3.63, 3.8) is 0 Å².